The molecule has 0 saturated heterocycles. The minimum atomic E-state index is -0.610. The summed E-state index contributed by atoms with van der Waals surface area (Å²) in [5.74, 6) is 0.115. The van der Waals surface area contributed by atoms with E-state index in [2.05, 4.69) is 21.2 Å². The SMILES string of the molecule is CC[C@@H](C(=O)NC)N(Cc1ccccc1Cl)C(=O)COc1cc(C)c(Br)c(C)c1. The first-order chi connectivity index (χ1) is 13.8. The highest BCUT2D eigenvalue weighted by Crippen LogP contribution is 2.26. The van der Waals surface area contributed by atoms with Gasteiger partial charge >= 0.3 is 0 Å². The molecular formula is C22H26BrClN2O3. The number of nitrogens with zero attached hydrogens (tertiary/aromatic N) is 1. The van der Waals surface area contributed by atoms with Crippen molar-refractivity contribution < 1.29 is 14.3 Å². The van der Waals surface area contributed by atoms with Crippen LogP contribution in [0.1, 0.15) is 30.0 Å². The molecule has 0 aromatic heterocycles. The fourth-order valence-corrected chi connectivity index (χ4v) is 3.54. The molecule has 156 valence electrons. The Labute approximate surface area is 185 Å². The number of benzene rings is 2. The first-order valence-electron chi connectivity index (χ1n) is 9.42. The third kappa shape index (κ3) is 5.97. The Morgan fingerprint density at radius 1 is 1.21 bits per heavy atom. The van der Waals surface area contributed by atoms with E-state index < -0.39 is 6.04 Å². The van der Waals surface area contributed by atoms with Crippen LogP contribution >= 0.6 is 27.5 Å². The van der Waals surface area contributed by atoms with E-state index in [-0.39, 0.29) is 25.0 Å². The van der Waals surface area contributed by atoms with E-state index >= 15 is 0 Å². The summed E-state index contributed by atoms with van der Waals surface area (Å²) in [6.07, 6.45) is 0.479. The van der Waals surface area contributed by atoms with Gasteiger partial charge in [-0.3, -0.25) is 9.59 Å². The molecule has 1 atom stereocenters. The second-order valence-corrected chi connectivity index (χ2v) is 8.01. The number of carbonyl (C=O) groups excluding carboxylic acids is 2. The van der Waals surface area contributed by atoms with E-state index in [9.17, 15) is 9.59 Å². The maximum absolute atomic E-state index is 13.1. The highest BCUT2D eigenvalue weighted by molar-refractivity contribution is 9.10. The van der Waals surface area contributed by atoms with Crippen molar-refractivity contribution in [3.05, 3.63) is 62.6 Å². The number of nitrogens with one attached hydrogen (secondary N) is 1. The van der Waals surface area contributed by atoms with Crippen molar-refractivity contribution in [2.24, 2.45) is 0 Å². The van der Waals surface area contributed by atoms with E-state index in [1.807, 2.05) is 51.1 Å². The molecule has 1 N–H and O–H groups in total. The van der Waals surface area contributed by atoms with Crippen LogP contribution in [0.4, 0.5) is 0 Å². The topological polar surface area (TPSA) is 58.6 Å². The number of likely N-dealkylation sites (N-methyl/N-ethyl adjacent to an activating group) is 1. The molecule has 0 aliphatic rings. The minimum absolute atomic E-state index is 0.168. The maximum Gasteiger partial charge on any atom is 0.261 e. The zero-order valence-corrected chi connectivity index (χ0v) is 19.4. The normalized spacial score (nSPS) is 11.7. The third-order valence-electron chi connectivity index (χ3n) is 4.70. The monoisotopic (exact) mass is 480 g/mol. The standard InChI is InChI=1S/C22H26BrClN2O3/c1-5-19(22(28)25-4)26(12-16-8-6-7-9-18(16)24)20(27)13-29-17-10-14(2)21(23)15(3)11-17/h6-11,19H,5,12-13H2,1-4H3,(H,25,28)/t19-/m0/s1. The van der Waals surface area contributed by atoms with Crippen LogP contribution in [0.15, 0.2) is 40.9 Å². The highest BCUT2D eigenvalue weighted by atomic mass is 79.9. The van der Waals surface area contributed by atoms with Crippen LogP contribution in [-0.2, 0) is 16.1 Å². The van der Waals surface area contributed by atoms with Gasteiger partial charge in [0.15, 0.2) is 6.61 Å². The number of halogens is 2. The molecule has 7 heteroatoms. The van der Waals surface area contributed by atoms with Crippen molar-refractivity contribution in [2.75, 3.05) is 13.7 Å². The molecule has 0 spiro atoms. The molecule has 0 heterocycles. The summed E-state index contributed by atoms with van der Waals surface area (Å²) in [4.78, 5) is 27.0. The molecule has 2 aromatic carbocycles. The Kier molecular flexibility index (Phi) is 8.53. The van der Waals surface area contributed by atoms with Gasteiger partial charge in [0.25, 0.3) is 5.91 Å². The van der Waals surface area contributed by atoms with Crippen LogP contribution in [0, 0.1) is 13.8 Å². The van der Waals surface area contributed by atoms with Crippen LogP contribution in [0.25, 0.3) is 0 Å². The molecule has 0 fully saturated rings. The van der Waals surface area contributed by atoms with Crippen molar-refractivity contribution in [2.45, 2.75) is 39.8 Å². The lowest BCUT2D eigenvalue weighted by Crippen LogP contribution is -2.49. The quantitative estimate of drug-likeness (QED) is 0.597. The fraction of sp³-hybridized carbons (Fsp3) is 0.364. The second-order valence-electron chi connectivity index (χ2n) is 6.81. The maximum atomic E-state index is 13.1. The Morgan fingerprint density at radius 2 is 1.83 bits per heavy atom. The van der Waals surface area contributed by atoms with Gasteiger partial charge in [-0.15, -0.1) is 0 Å². The molecule has 2 aromatic rings. The summed E-state index contributed by atoms with van der Waals surface area (Å²) in [7, 11) is 1.56. The number of hydrogen-bond donors (Lipinski definition) is 1. The molecule has 29 heavy (non-hydrogen) atoms. The summed E-state index contributed by atoms with van der Waals surface area (Å²) in [6, 6.07) is 10.4. The molecule has 0 saturated carbocycles. The van der Waals surface area contributed by atoms with Gasteiger partial charge in [-0.1, -0.05) is 52.7 Å². The summed E-state index contributed by atoms with van der Waals surface area (Å²) >= 11 is 9.81. The van der Waals surface area contributed by atoms with Gasteiger partial charge in [0.2, 0.25) is 5.91 Å². The number of aryl methyl sites for hydroxylation is 2. The van der Waals surface area contributed by atoms with Crippen LogP contribution in [-0.4, -0.2) is 36.4 Å². The van der Waals surface area contributed by atoms with Crippen molar-refractivity contribution in [1.82, 2.24) is 10.2 Å². The Bertz CT molecular complexity index is 865. The lowest BCUT2D eigenvalue weighted by molar-refractivity contribution is -0.142. The van der Waals surface area contributed by atoms with E-state index in [4.69, 9.17) is 16.3 Å². The molecule has 0 radical (unpaired) electrons. The lowest BCUT2D eigenvalue weighted by atomic mass is 10.1. The molecule has 2 rings (SSSR count). The van der Waals surface area contributed by atoms with Gasteiger partial charge in [-0.05, 0) is 55.2 Å². The number of hydrogen-bond acceptors (Lipinski definition) is 3. The zero-order valence-electron chi connectivity index (χ0n) is 17.1. The molecule has 0 aliphatic carbocycles. The number of rotatable bonds is 8. The molecular weight excluding hydrogens is 456 g/mol. The van der Waals surface area contributed by atoms with Crippen molar-refractivity contribution in [3.8, 4) is 5.75 Å². The van der Waals surface area contributed by atoms with E-state index in [0.29, 0.717) is 17.2 Å². The van der Waals surface area contributed by atoms with E-state index in [0.717, 1.165) is 21.2 Å². The van der Waals surface area contributed by atoms with Gasteiger partial charge < -0.3 is 15.0 Å². The summed E-state index contributed by atoms with van der Waals surface area (Å²) in [5, 5.41) is 3.19. The molecule has 0 unspecified atom stereocenters. The number of carbonyl (C=O) groups is 2. The van der Waals surface area contributed by atoms with Gasteiger partial charge in [0, 0.05) is 23.1 Å². The first-order valence-corrected chi connectivity index (χ1v) is 10.6. The van der Waals surface area contributed by atoms with Gasteiger partial charge in [-0.2, -0.15) is 0 Å². The minimum Gasteiger partial charge on any atom is -0.484 e. The summed E-state index contributed by atoms with van der Waals surface area (Å²) < 4.78 is 6.78. The molecule has 0 aliphatic heterocycles. The average molecular weight is 482 g/mol. The summed E-state index contributed by atoms with van der Waals surface area (Å²) in [5.41, 5.74) is 2.83. The third-order valence-corrected chi connectivity index (χ3v) is 6.32. The number of amides is 2. The molecule has 2 amide bonds. The first kappa shape index (κ1) is 23.2. The predicted molar refractivity (Wildman–Crippen MR) is 119 cm³/mol. The summed E-state index contributed by atoms with van der Waals surface area (Å²) in [6.45, 7) is 5.86. The number of ether oxygens (including phenoxy) is 1. The van der Waals surface area contributed by atoms with Crippen molar-refractivity contribution >= 4 is 39.3 Å². The van der Waals surface area contributed by atoms with Crippen LogP contribution in [0.3, 0.4) is 0 Å². The van der Waals surface area contributed by atoms with Gasteiger partial charge in [0.05, 0.1) is 0 Å². The fourth-order valence-electron chi connectivity index (χ4n) is 3.11. The Morgan fingerprint density at radius 3 is 2.38 bits per heavy atom. The van der Waals surface area contributed by atoms with Crippen LogP contribution < -0.4 is 10.1 Å². The second kappa shape index (κ2) is 10.6. The molecule has 5 nitrogen and oxygen atoms in total. The van der Waals surface area contributed by atoms with Crippen LogP contribution in [0.5, 0.6) is 5.75 Å². The molecule has 0 bridgehead atoms. The van der Waals surface area contributed by atoms with E-state index in [1.54, 1.807) is 13.1 Å². The van der Waals surface area contributed by atoms with E-state index in [1.165, 1.54) is 4.90 Å². The van der Waals surface area contributed by atoms with Gasteiger partial charge in [0.1, 0.15) is 11.8 Å². The smallest absolute Gasteiger partial charge is 0.261 e. The average Bonchev–Trinajstić information content (AvgIpc) is 2.70. The van der Waals surface area contributed by atoms with Crippen molar-refractivity contribution in [3.63, 3.8) is 0 Å². The predicted octanol–water partition coefficient (Wildman–Crippen LogP) is 4.65. The van der Waals surface area contributed by atoms with Gasteiger partial charge in [-0.25, -0.2) is 0 Å². The Hall–Kier alpha value is -2.05. The van der Waals surface area contributed by atoms with Crippen molar-refractivity contribution in [1.29, 1.82) is 0 Å². The lowest BCUT2D eigenvalue weighted by Gasteiger charge is -2.30. The zero-order chi connectivity index (χ0) is 21.6. The Balaban J connectivity index is 2.24. The largest absolute Gasteiger partial charge is 0.484 e. The highest BCUT2D eigenvalue weighted by Gasteiger charge is 2.28. The van der Waals surface area contributed by atoms with Crippen LogP contribution in [0.2, 0.25) is 5.02 Å².